The zero-order valence-corrected chi connectivity index (χ0v) is 17.7. The van der Waals surface area contributed by atoms with E-state index in [1.807, 2.05) is 25.1 Å². The van der Waals surface area contributed by atoms with E-state index in [0.29, 0.717) is 36.0 Å². The van der Waals surface area contributed by atoms with Crippen LogP contribution in [0, 0.1) is 6.92 Å². The lowest BCUT2D eigenvalue weighted by Gasteiger charge is -2.23. The smallest absolute Gasteiger partial charge is 0.433 e. The summed E-state index contributed by atoms with van der Waals surface area (Å²) in [7, 11) is 1.60. The van der Waals surface area contributed by atoms with Crippen molar-refractivity contribution in [2.24, 2.45) is 0 Å². The number of rotatable bonds is 6. The molecule has 0 bridgehead atoms. The number of ether oxygens (including phenoxy) is 2. The topological polar surface area (TPSA) is 51.9 Å². The Labute approximate surface area is 178 Å². The van der Waals surface area contributed by atoms with Crippen molar-refractivity contribution in [1.29, 1.82) is 0 Å². The predicted molar refractivity (Wildman–Crippen MR) is 109 cm³/mol. The number of benzene rings is 1. The molecule has 0 radical (unpaired) electrons. The standard InChI is InChI=1S/C22H25F3N4O2/c1-4-31-19-11-15(7-8-18(19)30-3)13-28-9-5-6-17(28)16-12-21-26-14(2)10-20(22(23,24)25)29(21)27-16/h7-8,10-12,17H,4-6,9,13H2,1-3H3/t17-/m0/s1. The normalized spacial score (nSPS) is 17.4. The summed E-state index contributed by atoms with van der Waals surface area (Å²) in [5.74, 6) is 1.35. The number of hydrogen-bond acceptors (Lipinski definition) is 5. The van der Waals surface area contributed by atoms with Crippen LogP contribution in [0.25, 0.3) is 5.65 Å². The second-order valence-corrected chi connectivity index (χ2v) is 7.67. The van der Waals surface area contributed by atoms with Gasteiger partial charge in [0.15, 0.2) is 17.1 Å². The molecule has 0 unspecified atom stereocenters. The number of aromatic nitrogens is 3. The molecule has 0 amide bonds. The Bertz CT molecular complexity index is 1080. The maximum Gasteiger partial charge on any atom is 0.433 e. The fourth-order valence-electron chi connectivity index (χ4n) is 4.16. The molecule has 1 aromatic carbocycles. The van der Waals surface area contributed by atoms with Crippen molar-refractivity contribution in [1.82, 2.24) is 19.5 Å². The molecular formula is C22H25F3N4O2. The molecule has 1 aliphatic heterocycles. The largest absolute Gasteiger partial charge is 0.493 e. The average Bonchev–Trinajstić information content (AvgIpc) is 3.33. The molecule has 3 heterocycles. The maximum atomic E-state index is 13.5. The van der Waals surface area contributed by atoms with Gasteiger partial charge in [-0.25, -0.2) is 9.50 Å². The summed E-state index contributed by atoms with van der Waals surface area (Å²) in [4.78, 5) is 6.49. The van der Waals surface area contributed by atoms with Crippen LogP contribution < -0.4 is 9.47 Å². The number of hydrogen-bond donors (Lipinski definition) is 0. The van der Waals surface area contributed by atoms with Gasteiger partial charge >= 0.3 is 6.18 Å². The molecule has 1 aliphatic rings. The number of alkyl halides is 3. The first-order valence-corrected chi connectivity index (χ1v) is 10.3. The molecular weight excluding hydrogens is 409 g/mol. The van der Waals surface area contributed by atoms with Gasteiger partial charge < -0.3 is 9.47 Å². The highest BCUT2D eigenvalue weighted by atomic mass is 19.4. The van der Waals surface area contributed by atoms with Crippen LogP contribution in [0.3, 0.4) is 0 Å². The summed E-state index contributed by atoms with van der Waals surface area (Å²) in [5, 5.41) is 4.32. The highest BCUT2D eigenvalue weighted by Crippen LogP contribution is 2.36. The number of halogens is 3. The second-order valence-electron chi connectivity index (χ2n) is 7.67. The number of nitrogens with zero attached hydrogens (tertiary/aromatic N) is 4. The third-order valence-electron chi connectivity index (χ3n) is 5.48. The number of likely N-dealkylation sites (tertiary alicyclic amines) is 1. The molecule has 9 heteroatoms. The van der Waals surface area contributed by atoms with Gasteiger partial charge in [0.1, 0.15) is 5.69 Å². The first-order chi connectivity index (χ1) is 14.8. The molecule has 31 heavy (non-hydrogen) atoms. The molecule has 1 fully saturated rings. The summed E-state index contributed by atoms with van der Waals surface area (Å²) >= 11 is 0. The SMILES string of the molecule is CCOc1cc(CN2CCC[C@H]2c2cc3nc(C)cc(C(F)(F)F)n3n2)ccc1OC. The molecule has 4 rings (SSSR count). The molecule has 2 aromatic heterocycles. The predicted octanol–water partition coefficient (Wildman–Crippen LogP) is 4.80. The summed E-state index contributed by atoms with van der Waals surface area (Å²) in [6.07, 6.45) is -2.71. The van der Waals surface area contributed by atoms with Crippen LogP contribution in [-0.2, 0) is 12.7 Å². The summed E-state index contributed by atoms with van der Waals surface area (Å²) in [6, 6.07) is 8.44. The third-order valence-corrected chi connectivity index (χ3v) is 5.48. The van der Waals surface area contributed by atoms with Crippen molar-refractivity contribution in [2.75, 3.05) is 20.3 Å². The summed E-state index contributed by atoms with van der Waals surface area (Å²) < 4.78 is 52.4. The molecule has 0 N–H and O–H groups in total. The maximum absolute atomic E-state index is 13.5. The van der Waals surface area contributed by atoms with Crippen LogP contribution in [0.15, 0.2) is 30.3 Å². The van der Waals surface area contributed by atoms with E-state index in [1.54, 1.807) is 20.1 Å². The van der Waals surface area contributed by atoms with E-state index >= 15 is 0 Å². The summed E-state index contributed by atoms with van der Waals surface area (Å²) in [5.41, 5.74) is 1.39. The number of fused-ring (bicyclic) bond motifs is 1. The molecule has 1 saturated heterocycles. The van der Waals surface area contributed by atoms with Gasteiger partial charge in [-0.2, -0.15) is 18.3 Å². The zero-order valence-electron chi connectivity index (χ0n) is 17.7. The fourth-order valence-corrected chi connectivity index (χ4v) is 4.16. The van der Waals surface area contributed by atoms with Crippen molar-refractivity contribution in [3.8, 4) is 11.5 Å². The highest BCUT2D eigenvalue weighted by Gasteiger charge is 2.36. The third kappa shape index (κ3) is 4.32. The van der Waals surface area contributed by atoms with Gasteiger partial charge in [-0.3, -0.25) is 4.90 Å². The second kappa shape index (κ2) is 8.37. The van der Waals surface area contributed by atoms with Gasteiger partial charge in [0, 0.05) is 18.3 Å². The minimum atomic E-state index is -4.50. The Morgan fingerprint density at radius 3 is 2.68 bits per heavy atom. The Morgan fingerprint density at radius 2 is 1.97 bits per heavy atom. The van der Waals surface area contributed by atoms with Crippen molar-refractivity contribution >= 4 is 5.65 Å². The minimum Gasteiger partial charge on any atom is -0.493 e. The zero-order chi connectivity index (χ0) is 22.2. The minimum absolute atomic E-state index is 0.0688. The Kier molecular flexibility index (Phi) is 5.79. The van der Waals surface area contributed by atoms with E-state index < -0.39 is 11.9 Å². The van der Waals surface area contributed by atoms with Gasteiger partial charge in [-0.05, 0) is 57.0 Å². The van der Waals surface area contributed by atoms with Crippen LogP contribution >= 0.6 is 0 Å². The van der Waals surface area contributed by atoms with Crippen LogP contribution in [0.1, 0.15) is 48.5 Å². The van der Waals surface area contributed by atoms with Gasteiger partial charge in [-0.1, -0.05) is 6.07 Å². The lowest BCUT2D eigenvalue weighted by molar-refractivity contribution is -0.142. The lowest BCUT2D eigenvalue weighted by Crippen LogP contribution is -2.23. The highest BCUT2D eigenvalue weighted by molar-refractivity contribution is 5.44. The van der Waals surface area contributed by atoms with Crippen LogP contribution in [0.5, 0.6) is 11.5 Å². The van der Waals surface area contributed by atoms with Crippen LogP contribution in [-0.4, -0.2) is 39.8 Å². The Balaban J connectivity index is 1.63. The van der Waals surface area contributed by atoms with E-state index in [0.717, 1.165) is 35.5 Å². The first-order valence-electron chi connectivity index (χ1n) is 10.3. The van der Waals surface area contributed by atoms with E-state index in [1.165, 1.54) is 0 Å². The average molecular weight is 434 g/mol. The van der Waals surface area contributed by atoms with Gasteiger partial charge in [0.05, 0.1) is 25.5 Å². The van der Waals surface area contributed by atoms with E-state index in [2.05, 4.69) is 15.0 Å². The summed E-state index contributed by atoms with van der Waals surface area (Å²) in [6.45, 7) is 5.48. The molecule has 0 aliphatic carbocycles. The van der Waals surface area contributed by atoms with Crippen molar-refractivity contribution < 1.29 is 22.6 Å². The molecule has 3 aromatic rings. The molecule has 1 atom stereocenters. The van der Waals surface area contributed by atoms with E-state index in [-0.39, 0.29) is 11.7 Å². The van der Waals surface area contributed by atoms with Gasteiger partial charge in [0.25, 0.3) is 0 Å². The van der Waals surface area contributed by atoms with E-state index in [9.17, 15) is 13.2 Å². The molecule has 166 valence electrons. The van der Waals surface area contributed by atoms with Gasteiger partial charge in [-0.15, -0.1) is 0 Å². The molecule has 0 spiro atoms. The first kappa shape index (κ1) is 21.4. The van der Waals surface area contributed by atoms with Crippen LogP contribution in [0.2, 0.25) is 0 Å². The number of aryl methyl sites for hydroxylation is 1. The Morgan fingerprint density at radius 1 is 1.16 bits per heavy atom. The fraction of sp³-hybridized carbons (Fsp3) is 0.455. The van der Waals surface area contributed by atoms with Crippen molar-refractivity contribution in [3.05, 3.63) is 53.0 Å². The monoisotopic (exact) mass is 434 g/mol. The van der Waals surface area contributed by atoms with Crippen molar-refractivity contribution in [2.45, 2.75) is 45.5 Å². The van der Waals surface area contributed by atoms with Crippen molar-refractivity contribution in [3.63, 3.8) is 0 Å². The number of methoxy groups -OCH3 is 1. The Hall–Kier alpha value is -2.81. The molecule has 0 saturated carbocycles. The lowest BCUT2D eigenvalue weighted by atomic mass is 10.1. The van der Waals surface area contributed by atoms with E-state index in [4.69, 9.17) is 9.47 Å². The molecule has 6 nitrogen and oxygen atoms in total. The van der Waals surface area contributed by atoms with Gasteiger partial charge in [0.2, 0.25) is 0 Å². The quantitative estimate of drug-likeness (QED) is 0.558. The van der Waals surface area contributed by atoms with Crippen LogP contribution in [0.4, 0.5) is 13.2 Å².